The van der Waals surface area contributed by atoms with E-state index >= 15 is 0 Å². The van der Waals surface area contributed by atoms with Gasteiger partial charge in [0.2, 0.25) is 5.88 Å². The third-order valence-corrected chi connectivity index (χ3v) is 3.87. The molecule has 2 N–H and O–H groups in total. The van der Waals surface area contributed by atoms with Crippen molar-refractivity contribution >= 4 is 5.96 Å². The van der Waals surface area contributed by atoms with E-state index in [-0.39, 0.29) is 5.82 Å². The summed E-state index contributed by atoms with van der Waals surface area (Å²) in [6, 6.07) is 9.78. The number of aromatic nitrogens is 1. The molecule has 5 nitrogen and oxygen atoms in total. The summed E-state index contributed by atoms with van der Waals surface area (Å²) in [5, 5.41) is 6.60. The molecule has 1 heterocycles. The minimum atomic E-state index is -0.341. The number of nitrogens with one attached hydrogen (secondary N) is 2. The van der Waals surface area contributed by atoms with Crippen molar-refractivity contribution in [3.05, 3.63) is 54.0 Å². The lowest BCUT2D eigenvalue weighted by atomic mass is 10.2. The molecule has 132 valence electrons. The molecule has 0 saturated heterocycles. The van der Waals surface area contributed by atoms with Gasteiger partial charge >= 0.3 is 0 Å². The van der Waals surface area contributed by atoms with Gasteiger partial charge in [0.15, 0.2) is 5.96 Å². The highest BCUT2D eigenvalue weighted by Gasteiger charge is 2.21. The average molecular weight is 342 g/mol. The van der Waals surface area contributed by atoms with Gasteiger partial charge in [0.05, 0.1) is 6.54 Å². The van der Waals surface area contributed by atoms with Crippen LogP contribution in [0.1, 0.15) is 25.3 Å². The molecule has 0 bridgehead atoms. The Bertz CT molecular complexity index is 731. The molecule has 0 unspecified atom stereocenters. The number of aliphatic imine (C=N–C) groups is 1. The first-order valence-corrected chi connectivity index (χ1v) is 8.64. The minimum Gasteiger partial charge on any atom is -0.439 e. The van der Waals surface area contributed by atoms with Crippen molar-refractivity contribution < 1.29 is 9.13 Å². The molecule has 0 amide bonds. The molecule has 6 heteroatoms. The summed E-state index contributed by atoms with van der Waals surface area (Å²) in [6.45, 7) is 4.22. The van der Waals surface area contributed by atoms with E-state index in [9.17, 15) is 4.39 Å². The summed E-state index contributed by atoms with van der Waals surface area (Å²) in [6.07, 6.45) is 4.24. The zero-order chi connectivity index (χ0) is 17.5. The van der Waals surface area contributed by atoms with E-state index in [1.54, 1.807) is 18.3 Å². The van der Waals surface area contributed by atoms with E-state index in [0.29, 0.717) is 18.2 Å². The number of hydrogen-bond donors (Lipinski definition) is 2. The second-order valence-electron chi connectivity index (χ2n) is 6.05. The molecule has 1 aliphatic rings. The van der Waals surface area contributed by atoms with Crippen LogP contribution < -0.4 is 15.4 Å². The van der Waals surface area contributed by atoms with Crippen molar-refractivity contribution in [3.8, 4) is 11.6 Å². The van der Waals surface area contributed by atoms with Crippen molar-refractivity contribution in [2.24, 2.45) is 10.9 Å². The number of guanidine groups is 1. The van der Waals surface area contributed by atoms with Gasteiger partial charge in [-0.05, 0) is 43.9 Å². The molecule has 25 heavy (non-hydrogen) atoms. The third kappa shape index (κ3) is 5.45. The predicted molar refractivity (Wildman–Crippen MR) is 96.3 cm³/mol. The van der Waals surface area contributed by atoms with E-state index in [0.717, 1.165) is 30.5 Å². The van der Waals surface area contributed by atoms with Gasteiger partial charge in [-0.25, -0.2) is 14.4 Å². The SMILES string of the molecule is CCNC(=NCc1cccnc1Oc1cccc(F)c1)NCC1CC1. The second kappa shape index (κ2) is 8.46. The Hall–Kier alpha value is -2.63. The Kier molecular flexibility index (Phi) is 5.82. The van der Waals surface area contributed by atoms with Crippen molar-refractivity contribution in [1.29, 1.82) is 0 Å². The fraction of sp³-hybridized carbons (Fsp3) is 0.368. The van der Waals surface area contributed by atoms with E-state index in [1.807, 2.05) is 19.1 Å². The average Bonchev–Trinajstić information content (AvgIpc) is 3.43. The topological polar surface area (TPSA) is 58.5 Å². The molecule has 1 fully saturated rings. The summed E-state index contributed by atoms with van der Waals surface area (Å²) < 4.78 is 19.1. The number of hydrogen-bond acceptors (Lipinski definition) is 3. The zero-order valence-corrected chi connectivity index (χ0v) is 14.3. The van der Waals surface area contributed by atoms with Crippen LogP contribution in [0.5, 0.6) is 11.6 Å². The maximum absolute atomic E-state index is 13.3. The molecular formula is C19H23FN4O. The van der Waals surface area contributed by atoms with Gasteiger partial charge in [-0.15, -0.1) is 0 Å². The van der Waals surface area contributed by atoms with Gasteiger partial charge in [-0.3, -0.25) is 0 Å². The maximum Gasteiger partial charge on any atom is 0.224 e. The van der Waals surface area contributed by atoms with Crippen molar-refractivity contribution in [2.75, 3.05) is 13.1 Å². The molecule has 0 atom stereocenters. The molecule has 3 rings (SSSR count). The third-order valence-electron chi connectivity index (χ3n) is 3.87. The van der Waals surface area contributed by atoms with Crippen LogP contribution in [0.2, 0.25) is 0 Å². The summed E-state index contributed by atoms with van der Waals surface area (Å²) in [5.74, 6) is 2.08. The quantitative estimate of drug-likeness (QED) is 0.597. The number of benzene rings is 1. The first-order valence-electron chi connectivity index (χ1n) is 8.64. The van der Waals surface area contributed by atoms with Gasteiger partial charge in [0.1, 0.15) is 11.6 Å². The largest absolute Gasteiger partial charge is 0.439 e. The standard InChI is InChI=1S/C19H23FN4O/c1-2-21-19(23-12-14-8-9-14)24-13-15-5-4-10-22-18(15)25-17-7-3-6-16(20)11-17/h3-7,10-11,14H,2,8-9,12-13H2,1H3,(H2,21,23,24). The first kappa shape index (κ1) is 17.2. The lowest BCUT2D eigenvalue weighted by Gasteiger charge is -2.12. The molecule has 0 radical (unpaired) electrons. The van der Waals surface area contributed by atoms with Crippen molar-refractivity contribution in [3.63, 3.8) is 0 Å². The Labute approximate surface area is 147 Å². The Morgan fingerprint density at radius 2 is 2.16 bits per heavy atom. The molecule has 1 aliphatic carbocycles. The van der Waals surface area contributed by atoms with E-state index in [4.69, 9.17) is 4.74 Å². The van der Waals surface area contributed by atoms with Gasteiger partial charge in [0, 0.05) is 30.9 Å². The van der Waals surface area contributed by atoms with Gasteiger partial charge in [0.25, 0.3) is 0 Å². The van der Waals surface area contributed by atoms with Gasteiger partial charge in [-0.2, -0.15) is 0 Å². The van der Waals surface area contributed by atoms with Gasteiger partial charge < -0.3 is 15.4 Å². The van der Waals surface area contributed by atoms with Crippen LogP contribution in [-0.2, 0) is 6.54 Å². The van der Waals surface area contributed by atoms with Crippen molar-refractivity contribution in [1.82, 2.24) is 15.6 Å². The summed E-state index contributed by atoms with van der Waals surface area (Å²) in [4.78, 5) is 8.86. The summed E-state index contributed by atoms with van der Waals surface area (Å²) >= 11 is 0. The number of halogens is 1. The second-order valence-corrected chi connectivity index (χ2v) is 6.05. The summed E-state index contributed by atoms with van der Waals surface area (Å²) in [7, 11) is 0. The van der Waals surface area contributed by atoms with Crippen LogP contribution in [-0.4, -0.2) is 24.0 Å². The number of nitrogens with zero attached hydrogens (tertiary/aromatic N) is 2. The molecule has 0 aliphatic heterocycles. The number of pyridine rings is 1. The highest BCUT2D eigenvalue weighted by Crippen LogP contribution is 2.27. The van der Waals surface area contributed by atoms with Gasteiger partial charge in [-0.1, -0.05) is 12.1 Å². The van der Waals surface area contributed by atoms with Crippen LogP contribution in [0.4, 0.5) is 4.39 Å². The Morgan fingerprint density at radius 3 is 2.92 bits per heavy atom. The molecular weight excluding hydrogens is 319 g/mol. The monoisotopic (exact) mass is 342 g/mol. The lowest BCUT2D eigenvalue weighted by Crippen LogP contribution is -2.38. The minimum absolute atomic E-state index is 0.341. The fourth-order valence-corrected chi connectivity index (χ4v) is 2.35. The van der Waals surface area contributed by atoms with Crippen LogP contribution in [0, 0.1) is 11.7 Å². The molecule has 1 aromatic heterocycles. The maximum atomic E-state index is 13.3. The highest BCUT2D eigenvalue weighted by atomic mass is 19.1. The van der Waals surface area contributed by atoms with Crippen molar-refractivity contribution in [2.45, 2.75) is 26.3 Å². The van der Waals surface area contributed by atoms with E-state index < -0.39 is 0 Å². The fourth-order valence-electron chi connectivity index (χ4n) is 2.35. The zero-order valence-electron chi connectivity index (χ0n) is 14.3. The van der Waals surface area contributed by atoms with Crippen LogP contribution in [0.15, 0.2) is 47.6 Å². The van der Waals surface area contributed by atoms with Crippen LogP contribution >= 0.6 is 0 Å². The predicted octanol–water partition coefficient (Wildman–Crippen LogP) is 3.48. The molecule has 1 saturated carbocycles. The Morgan fingerprint density at radius 1 is 1.28 bits per heavy atom. The normalized spacial score (nSPS) is 14.2. The number of ether oxygens (including phenoxy) is 1. The molecule has 0 spiro atoms. The molecule has 2 aromatic rings. The van der Waals surface area contributed by atoms with E-state index in [1.165, 1.54) is 25.0 Å². The smallest absolute Gasteiger partial charge is 0.224 e. The highest BCUT2D eigenvalue weighted by molar-refractivity contribution is 5.79. The molecule has 1 aromatic carbocycles. The van der Waals surface area contributed by atoms with Crippen LogP contribution in [0.3, 0.4) is 0 Å². The Balaban J connectivity index is 1.69. The number of rotatable bonds is 7. The lowest BCUT2D eigenvalue weighted by molar-refractivity contribution is 0.452. The van der Waals surface area contributed by atoms with Crippen LogP contribution in [0.25, 0.3) is 0 Å². The summed E-state index contributed by atoms with van der Waals surface area (Å²) in [5.41, 5.74) is 0.843. The first-order chi connectivity index (χ1) is 12.2. The van der Waals surface area contributed by atoms with E-state index in [2.05, 4.69) is 20.6 Å².